The van der Waals surface area contributed by atoms with Crippen molar-refractivity contribution in [3.05, 3.63) is 242 Å². The highest BCUT2D eigenvalue weighted by Gasteiger charge is 2.36. The van der Waals surface area contributed by atoms with E-state index in [2.05, 4.69) is 254 Å². The van der Waals surface area contributed by atoms with Gasteiger partial charge in [0, 0.05) is 59.1 Å². The minimum atomic E-state index is -0.151. The van der Waals surface area contributed by atoms with Gasteiger partial charge >= 0.3 is 0 Å². The van der Waals surface area contributed by atoms with Gasteiger partial charge in [0.2, 0.25) is 0 Å². The number of hydrogen-bond donors (Lipinski definition) is 0. The Morgan fingerprint density at radius 1 is 0.364 bits per heavy atom. The zero-order valence-electron chi connectivity index (χ0n) is 36.7. The second-order valence-electron chi connectivity index (χ2n) is 18.1. The second kappa shape index (κ2) is 15.1. The van der Waals surface area contributed by atoms with E-state index in [4.69, 9.17) is 0 Å². The first-order valence-electron chi connectivity index (χ1n) is 22.8. The number of thiophene rings is 1. The van der Waals surface area contributed by atoms with E-state index in [-0.39, 0.29) is 5.41 Å². The molecule has 13 rings (SSSR count). The van der Waals surface area contributed by atoms with Crippen molar-refractivity contribution in [2.24, 2.45) is 0 Å². The molecule has 0 N–H and O–H groups in total. The summed E-state index contributed by atoms with van der Waals surface area (Å²) in [5.74, 6) is 0. The third-order valence-corrected chi connectivity index (χ3v) is 15.1. The Hall–Kier alpha value is -7.98. The van der Waals surface area contributed by atoms with Gasteiger partial charge in [-0.2, -0.15) is 0 Å². The quantitative estimate of drug-likeness (QED) is 0.155. The second-order valence-corrected chi connectivity index (χ2v) is 19.2. The Bertz CT molecular complexity index is 3840. The van der Waals surface area contributed by atoms with Crippen molar-refractivity contribution in [2.75, 3.05) is 4.90 Å². The smallest absolute Gasteiger partial charge is 0.0547 e. The first-order valence-corrected chi connectivity index (χ1v) is 23.6. The van der Waals surface area contributed by atoms with Crippen LogP contribution in [0.15, 0.2) is 231 Å². The van der Waals surface area contributed by atoms with E-state index in [1.165, 1.54) is 97.6 Å². The highest BCUT2D eigenvalue weighted by Crippen LogP contribution is 2.52. The van der Waals surface area contributed by atoms with Crippen molar-refractivity contribution in [1.82, 2.24) is 4.57 Å². The molecular weight excluding hydrogens is 817 g/mol. The number of hydrogen-bond acceptors (Lipinski definition) is 2. The molecule has 1 aliphatic rings. The standard InChI is InChI=1S/C63H44N2S/c1-63(2)56-34-31-48(40-55(56)51-32-29-42(38-57(51)63)41-17-6-3-7-18-41)64(46-19-8-4-9-20-46)49-36-44(43-30-33-53-52-23-13-15-28-60(52)66-61(53)39-43)35-45(37-49)50-25-16-27-59-62(50)54-24-12-14-26-58(54)65(59)47-21-10-5-11-22-47/h3-40H,1-2H3. The van der Waals surface area contributed by atoms with Crippen molar-refractivity contribution in [3.63, 3.8) is 0 Å². The average Bonchev–Trinajstić information content (AvgIpc) is 3.99. The van der Waals surface area contributed by atoms with E-state index in [1.807, 2.05) is 11.3 Å². The summed E-state index contributed by atoms with van der Waals surface area (Å²) in [4.78, 5) is 2.46. The molecule has 0 radical (unpaired) electrons. The van der Waals surface area contributed by atoms with Gasteiger partial charge in [-0.05, 0) is 141 Å². The molecule has 0 bridgehead atoms. The fourth-order valence-electron chi connectivity index (χ4n) is 10.8. The van der Waals surface area contributed by atoms with E-state index in [0.717, 1.165) is 22.7 Å². The van der Waals surface area contributed by atoms with Crippen LogP contribution in [0.2, 0.25) is 0 Å². The molecule has 0 saturated carbocycles. The third kappa shape index (κ3) is 6.08. The zero-order chi connectivity index (χ0) is 43.9. The topological polar surface area (TPSA) is 8.17 Å². The summed E-state index contributed by atoms with van der Waals surface area (Å²) in [5.41, 5.74) is 19.3. The summed E-state index contributed by atoms with van der Waals surface area (Å²) >= 11 is 1.87. The Labute approximate surface area is 388 Å². The van der Waals surface area contributed by atoms with Gasteiger partial charge < -0.3 is 9.47 Å². The Kier molecular flexibility index (Phi) is 8.78. The van der Waals surface area contributed by atoms with Crippen molar-refractivity contribution in [2.45, 2.75) is 19.3 Å². The van der Waals surface area contributed by atoms with E-state index in [9.17, 15) is 0 Å². The van der Waals surface area contributed by atoms with Crippen molar-refractivity contribution in [3.8, 4) is 50.2 Å². The van der Waals surface area contributed by atoms with Crippen molar-refractivity contribution < 1.29 is 0 Å². The third-order valence-electron chi connectivity index (χ3n) is 14.0. The maximum Gasteiger partial charge on any atom is 0.0547 e. The molecule has 2 aromatic heterocycles. The van der Waals surface area contributed by atoms with E-state index >= 15 is 0 Å². The molecule has 0 unspecified atom stereocenters. The van der Waals surface area contributed by atoms with Crippen LogP contribution in [0.5, 0.6) is 0 Å². The number of aromatic nitrogens is 1. The van der Waals surface area contributed by atoms with Crippen LogP contribution in [0.1, 0.15) is 25.0 Å². The SMILES string of the molecule is CC1(C)c2ccc(N(c3ccccc3)c3cc(-c4ccc5c(c4)sc4ccccc45)cc(-c4cccc5c4c4ccccc4n5-c4ccccc4)c3)cc2-c2ccc(-c3ccccc3)cc21. The van der Waals surface area contributed by atoms with Crippen LogP contribution in [0.4, 0.5) is 17.1 Å². The molecule has 10 aromatic carbocycles. The summed E-state index contributed by atoms with van der Waals surface area (Å²) < 4.78 is 5.02. The van der Waals surface area contributed by atoms with Crippen LogP contribution in [-0.4, -0.2) is 4.57 Å². The van der Waals surface area contributed by atoms with E-state index < -0.39 is 0 Å². The molecule has 0 spiro atoms. The summed E-state index contributed by atoms with van der Waals surface area (Å²) in [6.07, 6.45) is 0. The summed E-state index contributed by atoms with van der Waals surface area (Å²) in [7, 11) is 0. The van der Waals surface area contributed by atoms with Crippen LogP contribution in [0, 0.1) is 0 Å². The number of nitrogens with zero attached hydrogens (tertiary/aromatic N) is 2. The number of anilines is 3. The number of rotatable bonds is 7. The molecule has 2 heterocycles. The average molecular weight is 861 g/mol. The van der Waals surface area contributed by atoms with Crippen LogP contribution in [-0.2, 0) is 5.41 Å². The van der Waals surface area contributed by atoms with Crippen LogP contribution in [0.3, 0.4) is 0 Å². The van der Waals surface area contributed by atoms with E-state index in [1.54, 1.807) is 0 Å². The van der Waals surface area contributed by atoms with Gasteiger partial charge in [-0.25, -0.2) is 0 Å². The predicted octanol–water partition coefficient (Wildman–Crippen LogP) is 17.9. The largest absolute Gasteiger partial charge is 0.310 e. The molecule has 0 fully saturated rings. The van der Waals surface area contributed by atoms with Gasteiger partial charge in [0.15, 0.2) is 0 Å². The van der Waals surface area contributed by atoms with Gasteiger partial charge in [0.25, 0.3) is 0 Å². The lowest BCUT2D eigenvalue weighted by Crippen LogP contribution is -2.15. The minimum absolute atomic E-state index is 0.151. The maximum atomic E-state index is 2.46. The lowest BCUT2D eigenvalue weighted by atomic mass is 9.81. The predicted molar refractivity (Wildman–Crippen MR) is 282 cm³/mol. The van der Waals surface area contributed by atoms with Gasteiger partial charge in [0.1, 0.15) is 0 Å². The van der Waals surface area contributed by atoms with Crippen LogP contribution < -0.4 is 4.90 Å². The molecular formula is C63H44N2S. The first-order chi connectivity index (χ1) is 32.5. The lowest BCUT2D eigenvalue weighted by Gasteiger charge is -2.28. The first kappa shape index (κ1) is 38.5. The molecule has 0 atom stereocenters. The lowest BCUT2D eigenvalue weighted by molar-refractivity contribution is 0.660. The number of benzene rings is 10. The van der Waals surface area contributed by atoms with Crippen molar-refractivity contribution in [1.29, 1.82) is 0 Å². The molecule has 2 nitrogen and oxygen atoms in total. The van der Waals surface area contributed by atoms with Crippen LogP contribution in [0.25, 0.3) is 92.2 Å². The molecule has 0 saturated heterocycles. The Morgan fingerprint density at radius 2 is 1.03 bits per heavy atom. The summed E-state index contributed by atoms with van der Waals surface area (Å²) in [6.45, 7) is 4.75. The van der Waals surface area contributed by atoms with Crippen molar-refractivity contribution >= 4 is 70.4 Å². The molecule has 66 heavy (non-hydrogen) atoms. The van der Waals surface area contributed by atoms with Gasteiger partial charge in [-0.15, -0.1) is 11.3 Å². The van der Waals surface area contributed by atoms with Gasteiger partial charge in [0.05, 0.1) is 11.0 Å². The molecule has 1 aliphatic carbocycles. The normalized spacial score (nSPS) is 12.8. The highest BCUT2D eigenvalue weighted by atomic mass is 32.1. The number of para-hydroxylation sites is 3. The minimum Gasteiger partial charge on any atom is -0.310 e. The molecule has 312 valence electrons. The highest BCUT2D eigenvalue weighted by molar-refractivity contribution is 7.25. The molecule has 0 aliphatic heterocycles. The van der Waals surface area contributed by atoms with Gasteiger partial charge in [-0.3, -0.25) is 0 Å². The molecule has 12 aromatic rings. The summed E-state index contributed by atoms with van der Waals surface area (Å²) in [5, 5.41) is 5.10. The summed E-state index contributed by atoms with van der Waals surface area (Å²) in [6, 6.07) is 85.3. The fraction of sp³-hybridized carbons (Fsp3) is 0.0476. The van der Waals surface area contributed by atoms with E-state index in [0.29, 0.717) is 0 Å². The monoisotopic (exact) mass is 860 g/mol. The van der Waals surface area contributed by atoms with Gasteiger partial charge in [-0.1, -0.05) is 159 Å². The Morgan fingerprint density at radius 3 is 1.86 bits per heavy atom. The molecule has 0 amide bonds. The maximum absolute atomic E-state index is 2.46. The fourth-order valence-corrected chi connectivity index (χ4v) is 11.9. The molecule has 3 heteroatoms. The van der Waals surface area contributed by atoms with Crippen LogP contribution >= 0.6 is 11.3 Å². The zero-order valence-corrected chi connectivity index (χ0v) is 37.6. The number of fused-ring (bicyclic) bond motifs is 9. The Balaban J connectivity index is 1.05.